The summed E-state index contributed by atoms with van der Waals surface area (Å²) in [6, 6.07) is 0. The van der Waals surface area contributed by atoms with E-state index in [0.29, 0.717) is 11.7 Å². The Hall–Kier alpha value is -0.0900. The lowest BCUT2D eigenvalue weighted by molar-refractivity contribution is 0.263. The summed E-state index contributed by atoms with van der Waals surface area (Å²) in [7, 11) is -2.81. The highest BCUT2D eigenvalue weighted by Crippen LogP contribution is 2.26. The molecule has 4 heteroatoms. The molecule has 0 radical (unpaired) electrons. The SMILES string of the molecule is CCC(C)(CCCS(C)(=O)=O)CNCC(C)C. The van der Waals surface area contributed by atoms with Gasteiger partial charge in [-0.2, -0.15) is 0 Å². The van der Waals surface area contributed by atoms with Crippen LogP contribution in [0.4, 0.5) is 0 Å². The zero-order valence-corrected chi connectivity index (χ0v) is 12.9. The van der Waals surface area contributed by atoms with E-state index < -0.39 is 9.84 Å². The van der Waals surface area contributed by atoms with E-state index in [-0.39, 0.29) is 5.41 Å². The minimum atomic E-state index is -2.81. The summed E-state index contributed by atoms with van der Waals surface area (Å²) < 4.78 is 22.2. The van der Waals surface area contributed by atoms with E-state index >= 15 is 0 Å². The molecule has 1 N–H and O–H groups in total. The van der Waals surface area contributed by atoms with Crippen LogP contribution >= 0.6 is 0 Å². The molecule has 0 amide bonds. The van der Waals surface area contributed by atoms with Gasteiger partial charge in [-0.3, -0.25) is 0 Å². The maximum absolute atomic E-state index is 11.1. The Morgan fingerprint density at radius 1 is 1.29 bits per heavy atom. The number of hydrogen-bond acceptors (Lipinski definition) is 3. The Bertz CT molecular complexity index is 299. The quantitative estimate of drug-likeness (QED) is 0.695. The molecule has 0 fully saturated rings. The lowest BCUT2D eigenvalue weighted by Gasteiger charge is -2.29. The topological polar surface area (TPSA) is 46.2 Å². The normalized spacial score (nSPS) is 16.1. The zero-order chi connectivity index (χ0) is 13.5. The van der Waals surface area contributed by atoms with Gasteiger partial charge in [0.25, 0.3) is 0 Å². The average Bonchev–Trinajstić information content (AvgIpc) is 2.15. The van der Waals surface area contributed by atoms with Crippen molar-refractivity contribution in [2.45, 2.75) is 47.0 Å². The molecule has 104 valence electrons. The van der Waals surface area contributed by atoms with Crippen LogP contribution in [0.1, 0.15) is 47.0 Å². The van der Waals surface area contributed by atoms with Crippen LogP contribution in [0.25, 0.3) is 0 Å². The smallest absolute Gasteiger partial charge is 0.147 e. The molecule has 0 saturated carbocycles. The molecule has 0 aromatic heterocycles. The van der Waals surface area contributed by atoms with Gasteiger partial charge < -0.3 is 5.32 Å². The van der Waals surface area contributed by atoms with Gasteiger partial charge in [-0.1, -0.05) is 27.7 Å². The molecule has 0 heterocycles. The minimum absolute atomic E-state index is 0.222. The minimum Gasteiger partial charge on any atom is -0.316 e. The van der Waals surface area contributed by atoms with Gasteiger partial charge >= 0.3 is 0 Å². The molecular weight excluding hydrogens is 234 g/mol. The van der Waals surface area contributed by atoms with Gasteiger partial charge in [0.1, 0.15) is 9.84 Å². The molecule has 0 aliphatic heterocycles. The first-order valence-electron chi connectivity index (χ1n) is 6.57. The van der Waals surface area contributed by atoms with Crippen molar-refractivity contribution in [2.24, 2.45) is 11.3 Å². The summed E-state index contributed by atoms with van der Waals surface area (Å²) in [5, 5.41) is 3.47. The molecule has 1 unspecified atom stereocenters. The van der Waals surface area contributed by atoms with Gasteiger partial charge in [0.05, 0.1) is 0 Å². The average molecular weight is 263 g/mol. The van der Waals surface area contributed by atoms with Crippen molar-refractivity contribution < 1.29 is 8.42 Å². The van der Waals surface area contributed by atoms with Gasteiger partial charge in [0.15, 0.2) is 0 Å². The van der Waals surface area contributed by atoms with Crippen molar-refractivity contribution in [3.05, 3.63) is 0 Å². The predicted octanol–water partition coefficient (Wildman–Crippen LogP) is 2.47. The number of hydrogen-bond donors (Lipinski definition) is 1. The Morgan fingerprint density at radius 2 is 1.88 bits per heavy atom. The zero-order valence-electron chi connectivity index (χ0n) is 12.0. The fourth-order valence-electron chi connectivity index (χ4n) is 1.81. The molecule has 0 spiro atoms. The lowest BCUT2D eigenvalue weighted by atomic mass is 9.83. The summed E-state index contributed by atoms with van der Waals surface area (Å²) in [4.78, 5) is 0. The first-order valence-corrected chi connectivity index (χ1v) is 8.63. The molecule has 0 bridgehead atoms. The van der Waals surface area contributed by atoms with Crippen LogP contribution in [-0.2, 0) is 9.84 Å². The highest BCUT2D eigenvalue weighted by molar-refractivity contribution is 7.90. The largest absolute Gasteiger partial charge is 0.316 e. The first kappa shape index (κ1) is 16.9. The highest BCUT2D eigenvalue weighted by atomic mass is 32.2. The Morgan fingerprint density at radius 3 is 2.29 bits per heavy atom. The highest BCUT2D eigenvalue weighted by Gasteiger charge is 2.21. The predicted molar refractivity (Wildman–Crippen MR) is 75.1 cm³/mol. The van der Waals surface area contributed by atoms with Gasteiger partial charge in [-0.25, -0.2) is 8.42 Å². The maximum Gasteiger partial charge on any atom is 0.147 e. The second kappa shape index (κ2) is 7.37. The van der Waals surface area contributed by atoms with Crippen LogP contribution in [0.3, 0.4) is 0 Å². The van der Waals surface area contributed by atoms with Crippen molar-refractivity contribution in [2.75, 3.05) is 25.1 Å². The molecule has 17 heavy (non-hydrogen) atoms. The van der Waals surface area contributed by atoms with E-state index in [0.717, 1.165) is 32.4 Å². The van der Waals surface area contributed by atoms with Crippen LogP contribution in [0.2, 0.25) is 0 Å². The Kier molecular flexibility index (Phi) is 7.33. The van der Waals surface area contributed by atoms with Crippen LogP contribution < -0.4 is 5.32 Å². The van der Waals surface area contributed by atoms with Gasteiger partial charge in [0.2, 0.25) is 0 Å². The molecule has 3 nitrogen and oxygen atoms in total. The summed E-state index contributed by atoms with van der Waals surface area (Å²) in [5.41, 5.74) is 0.222. The molecule has 0 aromatic rings. The summed E-state index contributed by atoms with van der Waals surface area (Å²) in [6.45, 7) is 10.8. The van der Waals surface area contributed by atoms with Crippen molar-refractivity contribution in [1.29, 1.82) is 0 Å². The van der Waals surface area contributed by atoms with E-state index in [9.17, 15) is 8.42 Å². The maximum atomic E-state index is 11.1. The van der Waals surface area contributed by atoms with Crippen LogP contribution in [-0.4, -0.2) is 33.5 Å². The van der Waals surface area contributed by atoms with E-state index in [1.165, 1.54) is 6.26 Å². The third-order valence-corrected chi connectivity index (χ3v) is 4.28. The molecule has 1 atom stereocenters. The van der Waals surface area contributed by atoms with Gasteiger partial charge in [-0.05, 0) is 37.1 Å². The second-order valence-electron chi connectivity index (χ2n) is 5.92. The molecular formula is C13H29NO2S. The molecule has 0 aromatic carbocycles. The monoisotopic (exact) mass is 263 g/mol. The summed E-state index contributed by atoms with van der Waals surface area (Å²) in [5.74, 6) is 0.972. The Labute approximate surface area is 107 Å². The molecule has 0 saturated heterocycles. The second-order valence-corrected chi connectivity index (χ2v) is 8.18. The lowest BCUT2D eigenvalue weighted by Crippen LogP contribution is -2.33. The van der Waals surface area contributed by atoms with E-state index in [1.807, 2.05) is 0 Å². The Balaban J connectivity index is 4.01. The fraction of sp³-hybridized carbons (Fsp3) is 1.00. The van der Waals surface area contributed by atoms with Crippen molar-refractivity contribution >= 4 is 9.84 Å². The van der Waals surface area contributed by atoms with Crippen molar-refractivity contribution in [1.82, 2.24) is 5.32 Å². The fourth-order valence-corrected chi connectivity index (χ4v) is 2.48. The molecule has 0 rings (SSSR count). The van der Waals surface area contributed by atoms with Crippen LogP contribution in [0, 0.1) is 11.3 Å². The van der Waals surface area contributed by atoms with Crippen LogP contribution in [0.15, 0.2) is 0 Å². The van der Waals surface area contributed by atoms with E-state index in [4.69, 9.17) is 0 Å². The van der Waals surface area contributed by atoms with Gasteiger partial charge in [0, 0.05) is 18.6 Å². The number of sulfone groups is 1. The van der Waals surface area contributed by atoms with Crippen molar-refractivity contribution in [3.8, 4) is 0 Å². The standard InChI is InChI=1S/C13H29NO2S/c1-6-13(4,11-14-10-12(2)3)8-7-9-17(5,15)16/h12,14H,6-11H2,1-5H3. The van der Waals surface area contributed by atoms with E-state index in [1.54, 1.807) is 0 Å². The van der Waals surface area contributed by atoms with E-state index in [2.05, 4.69) is 33.0 Å². The third-order valence-electron chi connectivity index (χ3n) is 3.25. The van der Waals surface area contributed by atoms with Gasteiger partial charge in [-0.15, -0.1) is 0 Å². The first-order chi connectivity index (χ1) is 7.68. The number of rotatable bonds is 9. The molecule has 0 aliphatic rings. The van der Waals surface area contributed by atoms with Crippen molar-refractivity contribution in [3.63, 3.8) is 0 Å². The summed E-state index contributed by atoms with van der Waals surface area (Å²) in [6.07, 6.45) is 4.14. The third kappa shape index (κ3) is 9.60. The molecule has 0 aliphatic carbocycles. The van der Waals surface area contributed by atoms with Crippen LogP contribution in [0.5, 0.6) is 0 Å². The number of nitrogens with one attached hydrogen (secondary N) is 1. The summed E-state index contributed by atoms with van der Waals surface area (Å²) >= 11 is 0.